The number of ketones is 1. The Morgan fingerprint density at radius 2 is 2.12 bits per heavy atom. The Morgan fingerprint density at radius 1 is 1.44 bits per heavy atom. The van der Waals surface area contributed by atoms with Crippen LogP contribution in [0.5, 0.6) is 0 Å². The lowest BCUT2D eigenvalue weighted by Gasteiger charge is -2.15. The summed E-state index contributed by atoms with van der Waals surface area (Å²) < 4.78 is 0.889. The van der Waals surface area contributed by atoms with E-state index in [1.807, 2.05) is 31.3 Å². The topological polar surface area (TPSA) is 20.3 Å². The van der Waals surface area contributed by atoms with Gasteiger partial charge >= 0.3 is 0 Å². The van der Waals surface area contributed by atoms with Crippen LogP contribution in [-0.2, 0) is 0 Å². The summed E-state index contributed by atoms with van der Waals surface area (Å²) >= 11 is 3.41. The predicted molar refractivity (Wildman–Crippen MR) is 68.7 cm³/mol. The summed E-state index contributed by atoms with van der Waals surface area (Å²) in [7, 11) is 2.02. The Balaban J connectivity index is 1.94. The number of halogens is 1. The van der Waals surface area contributed by atoms with E-state index in [4.69, 9.17) is 0 Å². The van der Waals surface area contributed by atoms with Crippen LogP contribution in [0.15, 0.2) is 28.7 Å². The molecule has 1 saturated carbocycles. The Kier molecular flexibility index (Phi) is 3.77. The second kappa shape index (κ2) is 5.11. The number of hydrogen-bond acceptors (Lipinski definition) is 2. The van der Waals surface area contributed by atoms with E-state index in [9.17, 15) is 4.79 Å². The van der Waals surface area contributed by atoms with Crippen molar-refractivity contribution >= 4 is 21.7 Å². The second-order valence-corrected chi connectivity index (χ2v) is 5.40. The minimum Gasteiger partial charge on any atom is -0.299 e. The van der Waals surface area contributed by atoms with Gasteiger partial charge in [-0.1, -0.05) is 34.1 Å². The number of hydrogen-bond donors (Lipinski definition) is 0. The van der Waals surface area contributed by atoms with Gasteiger partial charge in [-0.05, 0) is 31.9 Å². The molecule has 0 atom stereocenters. The molecule has 1 aromatic rings. The molecule has 0 bridgehead atoms. The highest BCUT2D eigenvalue weighted by atomic mass is 79.9. The van der Waals surface area contributed by atoms with Crippen LogP contribution in [0, 0.1) is 5.92 Å². The minimum atomic E-state index is 0.190. The molecule has 2 nitrogen and oxygen atoms in total. The summed E-state index contributed by atoms with van der Waals surface area (Å²) in [6.45, 7) is 1.56. The average Bonchev–Trinajstić information content (AvgIpc) is 3.01. The van der Waals surface area contributed by atoms with E-state index in [1.54, 1.807) is 0 Å². The van der Waals surface area contributed by atoms with Crippen LogP contribution >= 0.6 is 15.9 Å². The summed E-state index contributed by atoms with van der Waals surface area (Å²) in [6, 6.07) is 7.61. The molecule has 0 saturated heterocycles. The van der Waals surface area contributed by atoms with E-state index in [2.05, 4.69) is 20.8 Å². The number of benzene rings is 1. The highest BCUT2D eigenvalue weighted by Crippen LogP contribution is 2.29. The van der Waals surface area contributed by atoms with E-state index in [1.165, 1.54) is 12.8 Å². The molecule has 0 amide bonds. The van der Waals surface area contributed by atoms with Gasteiger partial charge in [-0.2, -0.15) is 0 Å². The summed E-state index contributed by atoms with van der Waals surface area (Å²) in [4.78, 5) is 14.1. The Labute approximate surface area is 105 Å². The van der Waals surface area contributed by atoms with Crippen molar-refractivity contribution in [2.75, 3.05) is 20.1 Å². The molecule has 0 unspecified atom stereocenters. The van der Waals surface area contributed by atoms with Crippen LogP contribution < -0.4 is 0 Å². The average molecular weight is 282 g/mol. The third-order valence-corrected chi connectivity index (χ3v) is 3.55. The van der Waals surface area contributed by atoms with Crippen molar-refractivity contribution in [3.05, 3.63) is 34.3 Å². The van der Waals surface area contributed by atoms with Crippen LogP contribution in [0.2, 0.25) is 0 Å². The van der Waals surface area contributed by atoms with E-state index in [0.29, 0.717) is 6.54 Å². The maximum absolute atomic E-state index is 12.0. The van der Waals surface area contributed by atoms with Crippen molar-refractivity contribution in [2.45, 2.75) is 12.8 Å². The lowest BCUT2D eigenvalue weighted by atomic mass is 10.1. The van der Waals surface area contributed by atoms with Gasteiger partial charge in [0.1, 0.15) is 0 Å². The lowest BCUT2D eigenvalue weighted by molar-refractivity contribution is 0.0943. The molecule has 16 heavy (non-hydrogen) atoms. The standard InChI is InChI=1S/C13H16BrNO/c1-15(8-10-6-7-10)9-13(16)11-4-2-3-5-12(11)14/h2-5,10H,6-9H2,1H3. The first kappa shape index (κ1) is 11.8. The van der Waals surface area contributed by atoms with Crippen molar-refractivity contribution in [1.82, 2.24) is 4.90 Å². The van der Waals surface area contributed by atoms with E-state index < -0.39 is 0 Å². The van der Waals surface area contributed by atoms with Gasteiger partial charge in [0, 0.05) is 16.6 Å². The summed E-state index contributed by atoms with van der Waals surface area (Å²) in [5.41, 5.74) is 0.783. The Morgan fingerprint density at radius 3 is 2.75 bits per heavy atom. The quantitative estimate of drug-likeness (QED) is 0.774. The number of nitrogens with zero attached hydrogens (tertiary/aromatic N) is 1. The molecule has 2 rings (SSSR count). The number of carbonyl (C=O) groups is 1. The number of likely N-dealkylation sites (N-methyl/N-ethyl adjacent to an activating group) is 1. The zero-order valence-corrected chi connectivity index (χ0v) is 11.0. The Bertz CT molecular complexity index is 387. The van der Waals surface area contributed by atoms with Crippen molar-refractivity contribution < 1.29 is 4.79 Å². The van der Waals surface area contributed by atoms with Crippen LogP contribution in [0.4, 0.5) is 0 Å². The second-order valence-electron chi connectivity index (χ2n) is 4.54. The molecular formula is C13H16BrNO. The van der Waals surface area contributed by atoms with E-state index >= 15 is 0 Å². The molecule has 0 aliphatic heterocycles. The van der Waals surface area contributed by atoms with Crippen molar-refractivity contribution in [3.8, 4) is 0 Å². The molecule has 1 aromatic carbocycles. The molecule has 0 radical (unpaired) electrons. The molecule has 3 heteroatoms. The molecule has 0 N–H and O–H groups in total. The highest BCUT2D eigenvalue weighted by Gasteiger charge is 2.23. The van der Waals surface area contributed by atoms with Crippen molar-refractivity contribution in [2.24, 2.45) is 5.92 Å². The zero-order valence-electron chi connectivity index (χ0n) is 9.45. The normalized spacial score (nSPS) is 15.4. The molecular weight excluding hydrogens is 266 g/mol. The maximum Gasteiger partial charge on any atom is 0.177 e. The first-order chi connectivity index (χ1) is 7.66. The first-order valence-electron chi connectivity index (χ1n) is 5.63. The monoisotopic (exact) mass is 281 g/mol. The van der Waals surface area contributed by atoms with Crippen LogP contribution in [0.1, 0.15) is 23.2 Å². The number of carbonyl (C=O) groups excluding carboxylic acids is 1. The van der Waals surface area contributed by atoms with Gasteiger partial charge in [-0.25, -0.2) is 0 Å². The van der Waals surface area contributed by atoms with Crippen LogP contribution in [0.25, 0.3) is 0 Å². The van der Waals surface area contributed by atoms with Crippen molar-refractivity contribution in [1.29, 1.82) is 0 Å². The lowest BCUT2D eigenvalue weighted by Crippen LogP contribution is -2.28. The van der Waals surface area contributed by atoms with E-state index in [-0.39, 0.29) is 5.78 Å². The third-order valence-electron chi connectivity index (χ3n) is 2.85. The number of Topliss-reactive ketones (excluding diaryl/α,β-unsaturated/α-hetero) is 1. The fourth-order valence-corrected chi connectivity index (χ4v) is 2.33. The van der Waals surface area contributed by atoms with Gasteiger partial charge in [0.05, 0.1) is 6.54 Å². The summed E-state index contributed by atoms with van der Waals surface area (Å²) in [6.07, 6.45) is 2.65. The van der Waals surface area contributed by atoms with Gasteiger partial charge in [0.15, 0.2) is 5.78 Å². The Hall–Kier alpha value is -0.670. The van der Waals surface area contributed by atoms with Crippen LogP contribution in [-0.4, -0.2) is 30.8 Å². The van der Waals surface area contributed by atoms with E-state index in [0.717, 1.165) is 22.5 Å². The zero-order chi connectivity index (χ0) is 11.5. The summed E-state index contributed by atoms with van der Waals surface area (Å²) in [5.74, 6) is 1.02. The fraction of sp³-hybridized carbons (Fsp3) is 0.462. The van der Waals surface area contributed by atoms with Gasteiger partial charge in [0.25, 0.3) is 0 Å². The molecule has 1 aliphatic rings. The molecule has 0 aromatic heterocycles. The smallest absolute Gasteiger partial charge is 0.177 e. The molecule has 0 spiro atoms. The molecule has 86 valence electrons. The summed E-state index contributed by atoms with van der Waals surface area (Å²) in [5, 5.41) is 0. The van der Waals surface area contributed by atoms with Crippen LogP contribution in [0.3, 0.4) is 0 Å². The number of rotatable bonds is 5. The van der Waals surface area contributed by atoms with Gasteiger partial charge in [-0.15, -0.1) is 0 Å². The fourth-order valence-electron chi connectivity index (χ4n) is 1.82. The van der Waals surface area contributed by atoms with Crippen molar-refractivity contribution in [3.63, 3.8) is 0 Å². The minimum absolute atomic E-state index is 0.190. The molecule has 1 aliphatic carbocycles. The third kappa shape index (κ3) is 3.16. The largest absolute Gasteiger partial charge is 0.299 e. The van der Waals surface area contributed by atoms with Gasteiger partial charge in [0.2, 0.25) is 0 Å². The van der Waals surface area contributed by atoms with Gasteiger partial charge < -0.3 is 0 Å². The highest BCUT2D eigenvalue weighted by molar-refractivity contribution is 9.10. The SMILES string of the molecule is CN(CC(=O)c1ccccc1Br)CC1CC1. The maximum atomic E-state index is 12.0. The van der Waals surface area contributed by atoms with Gasteiger partial charge in [-0.3, -0.25) is 9.69 Å². The predicted octanol–water partition coefficient (Wildman–Crippen LogP) is 2.97. The molecule has 1 fully saturated rings. The molecule has 0 heterocycles. The first-order valence-corrected chi connectivity index (χ1v) is 6.42.